The van der Waals surface area contributed by atoms with Crippen molar-refractivity contribution >= 4 is 5.97 Å². The highest BCUT2D eigenvalue weighted by atomic mass is 16.4. The second-order valence-electron chi connectivity index (χ2n) is 5.28. The molecule has 0 heterocycles. The summed E-state index contributed by atoms with van der Waals surface area (Å²) in [5, 5.41) is 12.0. The molecule has 0 aromatic rings. The van der Waals surface area contributed by atoms with Crippen molar-refractivity contribution in [3.63, 3.8) is 0 Å². The van der Waals surface area contributed by atoms with Gasteiger partial charge >= 0.3 is 5.97 Å². The fraction of sp³-hybridized carbons (Fsp3) is 0.917. The summed E-state index contributed by atoms with van der Waals surface area (Å²) >= 11 is 0. The standard InChI is InChI=1S/C12H26N2O2/c1-9(2)7-10(3)14(6)8-12(4,13-5)11(15)16/h9-10,13H,7-8H2,1-6H3,(H,15,16). The van der Waals surface area contributed by atoms with E-state index in [9.17, 15) is 4.79 Å². The van der Waals surface area contributed by atoms with E-state index in [1.807, 2.05) is 7.05 Å². The first-order chi connectivity index (χ1) is 7.23. The first kappa shape index (κ1) is 15.4. The van der Waals surface area contributed by atoms with Gasteiger partial charge in [-0.25, -0.2) is 0 Å². The smallest absolute Gasteiger partial charge is 0.324 e. The lowest BCUT2D eigenvalue weighted by atomic mass is 9.99. The van der Waals surface area contributed by atoms with Gasteiger partial charge in [0.1, 0.15) is 5.54 Å². The highest BCUT2D eigenvalue weighted by Crippen LogP contribution is 2.13. The maximum Gasteiger partial charge on any atom is 0.324 e. The number of carbonyl (C=O) groups is 1. The first-order valence-corrected chi connectivity index (χ1v) is 5.85. The molecule has 4 heteroatoms. The lowest BCUT2D eigenvalue weighted by molar-refractivity contribution is -0.144. The van der Waals surface area contributed by atoms with Gasteiger partial charge in [0, 0.05) is 12.6 Å². The van der Waals surface area contributed by atoms with Crippen molar-refractivity contribution in [2.75, 3.05) is 20.6 Å². The first-order valence-electron chi connectivity index (χ1n) is 5.85. The van der Waals surface area contributed by atoms with Crippen molar-refractivity contribution < 1.29 is 9.90 Å². The van der Waals surface area contributed by atoms with Crippen LogP contribution in [0.5, 0.6) is 0 Å². The van der Waals surface area contributed by atoms with Gasteiger partial charge in [0.25, 0.3) is 0 Å². The molecule has 2 unspecified atom stereocenters. The van der Waals surface area contributed by atoms with Crippen LogP contribution in [-0.2, 0) is 4.79 Å². The van der Waals surface area contributed by atoms with Crippen molar-refractivity contribution in [3.8, 4) is 0 Å². The number of carboxylic acids is 1. The topological polar surface area (TPSA) is 52.6 Å². The Balaban J connectivity index is 4.41. The molecule has 0 aromatic heterocycles. The van der Waals surface area contributed by atoms with Crippen LogP contribution in [0.25, 0.3) is 0 Å². The molecule has 0 rings (SSSR count). The quantitative estimate of drug-likeness (QED) is 0.694. The van der Waals surface area contributed by atoms with Crippen LogP contribution in [0.2, 0.25) is 0 Å². The Bertz CT molecular complexity index is 231. The third-order valence-corrected chi connectivity index (χ3v) is 3.15. The highest BCUT2D eigenvalue weighted by Gasteiger charge is 2.33. The Morgan fingerprint density at radius 1 is 1.44 bits per heavy atom. The second-order valence-corrected chi connectivity index (χ2v) is 5.28. The monoisotopic (exact) mass is 230 g/mol. The van der Waals surface area contributed by atoms with E-state index in [0.717, 1.165) is 6.42 Å². The van der Waals surface area contributed by atoms with E-state index in [1.54, 1.807) is 14.0 Å². The summed E-state index contributed by atoms with van der Waals surface area (Å²) in [7, 11) is 3.67. The van der Waals surface area contributed by atoms with Crippen LogP contribution in [0.4, 0.5) is 0 Å². The lowest BCUT2D eigenvalue weighted by Crippen LogP contribution is -2.56. The molecule has 4 nitrogen and oxygen atoms in total. The molecule has 0 spiro atoms. The van der Waals surface area contributed by atoms with Crippen LogP contribution in [0.1, 0.15) is 34.1 Å². The van der Waals surface area contributed by atoms with Gasteiger partial charge in [-0.1, -0.05) is 13.8 Å². The van der Waals surface area contributed by atoms with E-state index < -0.39 is 11.5 Å². The van der Waals surface area contributed by atoms with Crippen molar-refractivity contribution in [2.24, 2.45) is 5.92 Å². The van der Waals surface area contributed by atoms with Crippen molar-refractivity contribution in [3.05, 3.63) is 0 Å². The molecule has 2 atom stereocenters. The average Bonchev–Trinajstić information content (AvgIpc) is 2.16. The molecular weight excluding hydrogens is 204 g/mol. The number of likely N-dealkylation sites (N-methyl/N-ethyl adjacent to an activating group) is 2. The van der Waals surface area contributed by atoms with Gasteiger partial charge < -0.3 is 15.3 Å². The van der Waals surface area contributed by atoms with E-state index in [-0.39, 0.29) is 0 Å². The molecule has 0 saturated heterocycles. The summed E-state index contributed by atoms with van der Waals surface area (Å²) < 4.78 is 0. The third kappa shape index (κ3) is 4.49. The zero-order chi connectivity index (χ0) is 12.9. The van der Waals surface area contributed by atoms with Crippen LogP contribution >= 0.6 is 0 Å². The summed E-state index contributed by atoms with van der Waals surface area (Å²) in [5.74, 6) is -0.179. The van der Waals surface area contributed by atoms with E-state index in [1.165, 1.54) is 0 Å². The lowest BCUT2D eigenvalue weighted by Gasteiger charge is -2.33. The fourth-order valence-corrected chi connectivity index (χ4v) is 1.77. The van der Waals surface area contributed by atoms with Gasteiger partial charge in [-0.15, -0.1) is 0 Å². The molecule has 0 radical (unpaired) electrons. The minimum absolute atomic E-state index is 0.395. The summed E-state index contributed by atoms with van der Waals surface area (Å²) in [5.41, 5.74) is -0.875. The van der Waals surface area contributed by atoms with Gasteiger partial charge in [0.15, 0.2) is 0 Å². The maximum atomic E-state index is 11.1. The van der Waals surface area contributed by atoms with E-state index in [4.69, 9.17) is 5.11 Å². The zero-order valence-corrected chi connectivity index (χ0v) is 11.4. The van der Waals surface area contributed by atoms with Crippen molar-refractivity contribution in [1.29, 1.82) is 0 Å². The highest BCUT2D eigenvalue weighted by molar-refractivity contribution is 5.78. The van der Waals surface area contributed by atoms with E-state index in [0.29, 0.717) is 18.5 Å². The van der Waals surface area contributed by atoms with Gasteiger partial charge in [0.05, 0.1) is 0 Å². The predicted octanol–water partition coefficient (Wildman–Crippen LogP) is 1.42. The molecular formula is C12H26N2O2. The number of nitrogens with one attached hydrogen (secondary N) is 1. The number of hydrogen-bond acceptors (Lipinski definition) is 3. The Kier molecular flexibility index (Phi) is 5.97. The molecule has 0 saturated carbocycles. The zero-order valence-electron chi connectivity index (χ0n) is 11.4. The normalized spacial score (nSPS) is 17.5. The Labute approximate surface area is 99.0 Å². The second kappa shape index (κ2) is 6.21. The summed E-state index contributed by atoms with van der Waals surface area (Å²) in [6.07, 6.45) is 1.08. The molecule has 0 aliphatic rings. The number of aliphatic carboxylic acids is 1. The van der Waals surface area contributed by atoms with Crippen LogP contribution in [-0.4, -0.2) is 48.2 Å². The van der Waals surface area contributed by atoms with Gasteiger partial charge in [-0.05, 0) is 40.3 Å². The van der Waals surface area contributed by atoms with Crippen molar-refractivity contribution in [2.45, 2.75) is 45.7 Å². The average molecular weight is 230 g/mol. The molecule has 0 aromatic carbocycles. The SMILES string of the molecule is CNC(C)(CN(C)C(C)CC(C)C)C(=O)O. The fourth-order valence-electron chi connectivity index (χ4n) is 1.77. The Morgan fingerprint density at radius 2 is 1.94 bits per heavy atom. The largest absolute Gasteiger partial charge is 0.480 e. The Hall–Kier alpha value is -0.610. The van der Waals surface area contributed by atoms with Gasteiger partial charge in [-0.3, -0.25) is 4.79 Å². The van der Waals surface area contributed by atoms with Crippen LogP contribution < -0.4 is 5.32 Å². The Morgan fingerprint density at radius 3 is 2.25 bits per heavy atom. The molecule has 0 aliphatic carbocycles. The van der Waals surface area contributed by atoms with Gasteiger partial charge in [-0.2, -0.15) is 0 Å². The molecule has 2 N–H and O–H groups in total. The molecule has 0 bridgehead atoms. The van der Waals surface area contributed by atoms with Crippen molar-refractivity contribution in [1.82, 2.24) is 10.2 Å². The molecule has 0 aliphatic heterocycles. The summed E-state index contributed by atoms with van der Waals surface area (Å²) in [6, 6.07) is 0.395. The maximum absolute atomic E-state index is 11.1. The minimum atomic E-state index is -0.875. The van der Waals surface area contributed by atoms with E-state index >= 15 is 0 Å². The van der Waals surface area contributed by atoms with Crippen LogP contribution in [0, 0.1) is 5.92 Å². The summed E-state index contributed by atoms with van der Waals surface area (Å²) in [6.45, 7) is 8.72. The van der Waals surface area contributed by atoms with E-state index in [2.05, 4.69) is 31.0 Å². The van der Waals surface area contributed by atoms with Crippen LogP contribution in [0.15, 0.2) is 0 Å². The van der Waals surface area contributed by atoms with Crippen LogP contribution in [0.3, 0.4) is 0 Å². The molecule has 0 amide bonds. The minimum Gasteiger partial charge on any atom is -0.480 e. The molecule has 16 heavy (non-hydrogen) atoms. The molecule has 0 fully saturated rings. The predicted molar refractivity (Wildman–Crippen MR) is 66.6 cm³/mol. The summed E-state index contributed by atoms with van der Waals surface area (Å²) in [4.78, 5) is 13.2. The number of carboxylic acid groups (broad SMARTS) is 1. The number of nitrogens with zero attached hydrogens (tertiary/aromatic N) is 1. The molecule has 96 valence electrons. The number of rotatable bonds is 7. The third-order valence-electron chi connectivity index (χ3n) is 3.15. The number of hydrogen-bond donors (Lipinski definition) is 2. The van der Waals surface area contributed by atoms with Gasteiger partial charge in [0.2, 0.25) is 0 Å².